The van der Waals surface area contributed by atoms with Crippen LogP contribution in [0.1, 0.15) is 59.0 Å². The number of likely N-dealkylation sites (tertiary alicyclic amines) is 1. The summed E-state index contributed by atoms with van der Waals surface area (Å²) >= 11 is 1.69. The minimum Gasteiger partial charge on any atom is -0.289 e. The Morgan fingerprint density at radius 2 is 1.96 bits per heavy atom. The highest BCUT2D eigenvalue weighted by Crippen LogP contribution is 2.39. The van der Waals surface area contributed by atoms with Gasteiger partial charge < -0.3 is 0 Å². The maximum Gasteiger partial charge on any atom is 0.0984 e. The van der Waals surface area contributed by atoms with Crippen molar-refractivity contribution in [1.29, 1.82) is 0 Å². The lowest BCUT2D eigenvalue weighted by molar-refractivity contribution is 0.109. The van der Waals surface area contributed by atoms with Gasteiger partial charge in [-0.1, -0.05) is 12.1 Å². The van der Waals surface area contributed by atoms with Crippen LogP contribution in [0.3, 0.4) is 0 Å². The van der Waals surface area contributed by atoms with E-state index in [0.717, 1.165) is 30.0 Å². The van der Waals surface area contributed by atoms with E-state index in [-0.39, 0.29) is 0 Å². The largest absolute Gasteiger partial charge is 0.289 e. The molecule has 26 heavy (non-hydrogen) atoms. The standard InChI is InChI=1S/C21H24N4S/c1-15-6-5-11-23-21(15)19-10-4-9-18(25(19)2)17-8-3-7-16(24-17)14-20-22-12-13-26-20/h3,5-8,11-13,18-19H,4,9-10,14H2,1-2H3/t18-,19+/m1/s1. The van der Waals surface area contributed by atoms with Gasteiger partial charge in [0.25, 0.3) is 0 Å². The van der Waals surface area contributed by atoms with Gasteiger partial charge in [-0.25, -0.2) is 4.98 Å². The van der Waals surface area contributed by atoms with Crippen molar-refractivity contribution < 1.29 is 0 Å². The molecule has 0 aliphatic carbocycles. The number of nitrogens with zero attached hydrogens (tertiary/aromatic N) is 4. The SMILES string of the molecule is Cc1cccnc1[C@@H]1CCC[C@H](c2cccc(Cc3nccs3)n2)N1C. The topological polar surface area (TPSA) is 41.9 Å². The Kier molecular flexibility index (Phi) is 5.09. The van der Waals surface area contributed by atoms with E-state index in [4.69, 9.17) is 4.98 Å². The average Bonchev–Trinajstić information content (AvgIpc) is 3.16. The molecule has 0 unspecified atom stereocenters. The summed E-state index contributed by atoms with van der Waals surface area (Å²) in [7, 11) is 2.22. The fourth-order valence-corrected chi connectivity index (χ4v) is 4.57. The average molecular weight is 365 g/mol. The van der Waals surface area contributed by atoms with Crippen molar-refractivity contribution in [3.63, 3.8) is 0 Å². The number of piperidine rings is 1. The van der Waals surface area contributed by atoms with Crippen molar-refractivity contribution >= 4 is 11.3 Å². The van der Waals surface area contributed by atoms with Crippen molar-refractivity contribution in [2.75, 3.05) is 7.05 Å². The fourth-order valence-electron chi connectivity index (χ4n) is 3.94. The second-order valence-corrected chi connectivity index (χ2v) is 7.97. The Bertz CT molecular complexity index is 862. The lowest BCUT2D eigenvalue weighted by Gasteiger charge is -2.39. The molecule has 0 amide bonds. The molecule has 4 nitrogen and oxygen atoms in total. The van der Waals surface area contributed by atoms with Crippen LogP contribution in [0.25, 0.3) is 0 Å². The zero-order chi connectivity index (χ0) is 17.9. The Labute approximate surface area is 159 Å². The molecule has 1 aliphatic heterocycles. The van der Waals surface area contributed by atoms with Gasteiger partial charge in [-0.15, -0.1) is 11.3 Å². The summed E-state index contributed by atoms with van der Waals surface area (Å²) in [5.41, 5.74) is 4.75. The van der Waals surface area contributed by atoms with Crippen molar-refractivity contribution in [2.45, 2.75) is 44.7 Å². The van der Waals surface area contributed by atoms with Gasteiger partial charge in [0, 0.05) is 29.9 Å². The predicted molar refractivity (Wildman–Crippen MR) is 105 cm³/mol. The van der Waals surface area contributed by atoms with E-state index >= 15 is 0 Å². The van der Waals surface area contributed by atoms with E-state index in [9.17, 15) is 0 Å². The summed E-state index contributed by atoms with van der Waals surface area (Å²) in [5, 5.41) is 3.14. The maximum absolute atomic E-state index is 4.98. The molecule has 1 saturated heterocycles. The van der Waals surface area contributed by atoms with E-state index in [1.54, 1.807) is 11.3 Å². The Hall–Kier alpha value is -2.11. The van der Waals surface area contributed by atoms with Crippen LogP contribution >= 0.6 is 11.3 Å². The molecule has 4 rings (SSSR count). The third-order valence-corrected chi connectivity index (χ3v) is 6.07. The lowest BCUT2D eigenvalue weighted by atomic mass is 9.90. The van der Waals surface area contributed by atoms with Crippen LogP contribution in [-0.4, -0.2) is 26.9 Å². The van der Waals surface area contributed by atoms with E-state index in [1.165, 1.54) is 23.4 Å². The zero-order valence-electron chi connectivity index (χ0n) is 15.3. The minimum absolute atomic E-state index is 0.339. The van der Waals surface area contributed by atoms with Crippen LogP contribution in [0.5, 0.6) is 0 Å². The van der Waals surface area contributed by atoms with Crippen LogP contribution < -0.4 is 0 Å². The maximum atomic E-state index is 4.98. The first-order valence-corrected chi connectivity index (χ1v) is 10.1. The molecule has 0 saturated carbocycles. The molecule has 5 heteroatoms. The predicted octanol–water partition coefficient (Wildman–Crippen LogP) is 4.73. The van der Waals surface area contributed by atoms with E-state index in [2.05, 4.69) is 53.1 Å². The molecule has 4 heterocycles. The minimum atomic E-state index is 0.339. The van der Waals surface area contributed by atoms with Crippen LogP contribution in [0, 0.1) is 6.92 Å². The van der Waals surface area contributed by atoms with E-state index in [0.29, 0.717) is 12.1 Å². The summed E-state index contributed by atoms with van der Waals surface area (Å²) < 4.78 is 0. The van der Waals surface area contributed by atoms with Crippen molar-refractivity contribution in [3.8, 4) is 0 Å². The first-order chi connectivity index (χ1) is 12.7. The highest BCUT2D eigenvalue weighted by atomic mass is 32.1. The number of thiazole rings is 1. The first kappa shape index (κ1) is 17.3. The van der Waals surface area contributed by atoms with Crippen LogP contribution in [0.2, 0.25) is 0 Å². The molecule has 1 aliphatic rings. The van der Waals surface area contributed by atoms with Gasteiger partial charge >= 0.3 is 0 Å². The van der Waals surface area contributed by atoms with Gasteiger partial charge in [0.05, 0.1) is 28.5 Å². The van der Waals surface area contributed by atoms with Gasteiger partial charge in [0.15, 0.2) is 0 Å². The highest BCUT2D eigenvalue weighted by molar-refractivity contribution is 7.09. The van der Waals surface area contributed by atoms with Crippen LogP contribution in [0.15, 0.2) is 48.1 Å². The number of aryl methyl sites for hydroxylation is 1. The number of hydrogen-bond donors (Lipinski definition) is 0. The van der Waals surface area contributed by atoms with Gasteiger partial charge in [0.2, 0.25) is 0 Å². The van der Waals surface area contributed by atoms with Crippen LogP contribution in [-0.2, 0) is 6.42 Å². The molecule has 3 aromatic rings. The lowest BCUT2D eigenvalue weighted by Crippen LogP contribution is -2.34. The molecular weight excluding hydrogens is 340 g/mol. The number of pyridine rings is 2. The molecule has 0 N–H and O–H groups in total. The molecule has 2 atom stereocenters. The molecule has 3 aromatic heterocycles. The Morgan fingerprint density at radius 3 is 2.77 bits per heavy atom. The third kappa shape index (κ3) is 3.55. The third-order valence-electron chi connectivity index (χ3n) is 5.29. The first-order valence-electron chi connectivity index (χ1n) is 9.20. The fraction of sp³-hybridized carbons (Fsp3) is 0.381. The van der Waals surface area contributed by atoms with Crippen molar-refractivity contribution in [3.05, 3.63) is 75.8 Å². The zero-order valence-corrected chi connectivity index (χ0v) is 16.1. The second kappa shape index (κ2) is 7.64. The summed E-state index contributed by atoms with van der Waals surface area (Å²) in [6, 6.07) is 11.3. The van der Waals surface area contributed by atoms with Crippen molar-refractivity contribution in [1.82, 2.24) is 19.9 Å². The van der Waals surface area contributed by atoms with Crippen molar-refractivity contribution in [2.24, 2.45) is 0 Å². The molecule has 0 aromatic carbocycles. The normalized spacial score (nSPS) is 21.0. The molecule has 0 bridgehead atoms. The highest BCUT2D eigenvalue weighted by Gasteiger charge is 2.31. The molecule has 134 valence electrons. The van der Waals surface area contributed by atoms with Crippen LogP contribution in [0.4, 0.5) is 0 Å². The Balaban J connectivity index is 1.58. The van der Waals surface area contributed by atoms with E-state index < -0.39 is 0 Å². The van der Waals surface area contributed by atoms with Gasteiger partial charge in [-0.3, -0.25) is 14.9 Å². The van der Waals surface area contributed by atoms with Gasteiger partial charge in [-0.05, 0) is 57.0 Å². The summed E-state index contributed by atoms with van der Waals surface area (Å²) in [6.07, 6.45) is 8.08. The van der Waals surface area contributed by atoms with Gasteiger partial charge in [-0.2, -0.15) is 0 Å². The number of hydrogen-bond acceptors (Lipinski definition) is 5. The summed E-state index contributed by atoms with van der Waals surface area (Å²) in [6.45, 7) is 2.16. The monoisotopic (exact) mass is 364 g/mol. The molecular formula is C21H24N4S. The molecule has 0 radical (unpaired) electrons. The summed E-state index contributed by atoms with van der Waals surface area (Å²) in [5.74, 6) is 0. The van der Waals surface area contributed by atoms with Gasteiger partial charge in [0.1, 0.15) is 0 Å². The molecule has 0 spiro atoms. The smallest absolute Gasteiger partial charge is 0.0984 e. The Morgan fingerprint density at radius 1 is 1.08 bits per heavy atom. The quantitative estimate of drug-likeness (QED) is 0.671. The molecule has 1 fully saturated rings. The van der Waals surface area contributed by atoms with E-state index in [1.807, 2.05) is 23.8 Å². The number of aromatic nitrogens is 3. The number of rotatable bonds is 4. The second-order valence-electron chi connectivity index (χ2n) is 6.99. The summed E-state index contributed by atoms with van der Waals surface area (Å²) in [4.78, 5) is 16.5.